The fraction of sp³-hybridized carbons (Fsp3) is 0.0769. The highest BCUT2D eigenvalue weighted by Crippen LogP contribution is 2.13. The van der Waals surface area contributed by atoms with Gasteiger partial charge in [-0.05, 0) is 30.3 Å². The van der Waals surface area contributed by atoms with E-state index in [0.29, 0.717) is 23.6 Å². The summed E-state index contributed by atoms with van der Waals surface area (Å²) >= 11 is 0. The van der Waals surface area contributed by atoms with Crippen molar-refractivity contribution in [3.8, 4) is 0 Å². The third-order valence-corrected chi connectivity index (χ3v) is 2.49. The molecule has 19 heavy (non-hydrogen) atoms. The largest absolute Gasteiger partial charge is 0.475 e. The minimum absolute atomic E-state index is 0.109. The maximum absolute atomic E-state index is 11.0. The van der Waals surface area contributed by atoms with Gasteiger partial charge in [0.15, 0.2) is 0 Å². The smallest absolute Gasteiger partial charge is 0.371 e. The van der Waals surface area contributed by atoms with Gasteiger partial charge in [-0.1, -0.05) is 6.07 Å². The Morgan fingerprint density at radius 2 is 2.05 bits per heavy atom. The molecule has 0 unspecified atom stereocenters. The van der Waals surface area contributed by atoms with E-state index in [9.17, 15) is 9.59 Å². The van der Waals surface area contributed by atoms with E-state index in [0.717, 1.165) is 0 Å². The number of benzene rings is 1. The van der Waals surface area contributed by atoms with Crippen LogP contribution in [0.1, 0.15) is 26.7 Å². The van der Waals surface area contributed by atoms with Crippen molar-refractivity contribution in [2.24, 2.45) is 5.73 Å². The Balaban J connectivity index is 2.03. The second-order valence-electron chi connectivity index (χ2n) is 3.87. The summed E-state index contributed by atoms with van der Waals surface area (Å²) in [6, 6.07) is 9.67. The normalized spacial score (nSPS) is 10.1. The van der Waals surface area contributed by atoms with E-state index in [1.165, 1.54) is 6.07 Å². The molecule has 1 aromatic heterocycles. The molecule has 4 N–H and O–H groups in total. The Bertz CT molecular complexity index is 619. The summed E-state index contributed by atoms with van der Waals surface area (Å²) in [6.07, 6.45) is 0. The van der Waals surface area contributed by atoms with Crippen molar-refractivity contribution in [1.29, 1.82) is 0 Å². The number of hydrogen-bond acceptors (Lipinski definition) is 4. The summed E-state index contributed by atoms with van der Waals surface area (Å²) in [5.74, 6) is -1.23. The van der Waals surface area contributed by atoms with Crippen molar-refractivity contribution in [2.45, 2.75) is 6.54 Å². The molecule has 0 bridgehead atoms. The highest BCUT2D eigenvalue weighted by Gasteiger charge is 2.08. The average Bonchev–Trinajstić information content (AvgIpc) is 2.85. The lowest BCUT2D eigenvalue weighted by atomic mass is 10.2. The van der Waals surface area contributed by atoms with Crippen LogP contribution in [-0.4, -0.2) is 17.0 Å². The Morgan fingerprint density at radius 3 is 2.68 bits per heavy atom. The molecule has 0 fully saturated rings. The predicted octanol–water partition coefficient (Wildman–Crippen LogP) is 1.69. The molecular weight excluding hydrogens is 248 g/mol. The molecule has 0 aliphatic carbocycles. The van der Waals surface area contributed by atoms with Crippen molar-refractivity contribution in [3.63, 3.8) is 0 Å². The second-order valence-corrected chi connectivity index (χ2v) is 3.87. The van der Waals surface area contributed by atoms with E-state index in [1.54, 1.807) is 30.3 Å². The Labute approximate surface area is 108 Å². The lowest BCUT2D eigenvalue weighted by Crippen LogP contribution is -2.11. The molecule has 98 valence electrons. The van der Waals surface area contributed by atoms with Gasteiger partial charge in [0.05, 0.1) is 6.54 Å². The lowest BCUT2D eigenvalue weighted by Gasteiger charge is -2.05. The monoisotopic (exact) mass is 260 g/mol. The van der Waals surface area contributed by atoms with Gasteiger partial charge in [-0.3, -0.25) is 4.79 Å². The van der Waals surface area contributed by atoms with Crippen LogP contribution < -0.4 is 11.1 Å². The number of carbonyl (C=O) groups excluding carboxylic acids is 1. The molecule has 6 heteroatoms. The SMILES string of the molecule is NC(=O)c1cccc(NCc2ccc(C(=O)O)o2)c1. The molecular formula is C13H12N2O4. The standard InChI is InChI=1S/C13H12N2O4/c14-12(16)8-2-1-3-9(6-8)15-7-10-4-5-11(19-10)13(17)18/h1-6,15H,7H2,(H2,14,16)(H,17,18). The third-order valence-electron chi connectivity index (χ3n) is 2.49. The molecule has 1 amide bonds. The van der Waals surface area contributed by atoms with E-state index in [4.69, 9.17) is 15.3 Å². The Hall–Kier alpha value is -2.76. The van der Waals surface area contributed by atoms with Gasteiger partial charge in [-0.15, -0.1) is 0 Å². The molecule has 0 saturated carbocycles. The van der Waals surface area contributed by atoms with E-state index in [1.807, 2.05) is 0 Å². The first-order chi connectivity index (χ1) is 9.06. The van der Waals surface area contributed by atoms with Gasteiger partial charge >= 0.3 is 5.97 Å². The first-order valence-electron chi connectivity index (χ1n) is 5.52. The van der Waals surface area contributed by atoms with Gasteiger partial charge < -0.3 is 20.6 Å². The van der Waals surface area contributed by atoms with Crippen molar-refractivity contribution in [2.75, 3.05) is 5.32 Å². The fourth-order valence-electron chi connectivity index (χ4n) is 1.56. The Morgan fingerprint density at radius 1 is 1.26 bits per heavy atom. The molecule has 0 spiro atoms. The number of aromatic carboxylic acids is 1. The number of carboxylic acids is 1. The number of nitrogens with one attached hydrogen (secondary N) is 1. The lowest BCUT2D eigenvalue weighted by molar-refractivity contribution is 0.0660. The van der Waals surface area contributed by atoms with Gasteiger partial charge in [0.2, 0.25) is 11.7 Å². The zero-order valence-electron chi connectivity index (χ0n) is 9.92. The summed E-state index contributed by atoms with van der Waals surface area (Å²) in [5.41, 5.74) is 6.27. The van der Waals surface area contributed by atoms with Crippen LogP contribution in [0.25, 0.3) is 0 Å². The molecule has 0 radical (unpaired) electrons. The quantitative estimate of drug-likeness (QED) is 0.758. The van der Waals surface area contributed by atoms with Crippen molar-refractivity contribution >= 4 is 17.6 Å². The summed E-state index contributed by atoms with van der Waals surface area (Å²) in [6.45, 7) is 0.315. The van der Waals surface area contributed by atoms with Crippen LogP contribution in [0.4, 0.5) is 5.69 Å². The molecule has 6 nitrogen and oxygen atoms in total. The predicted molar refractivity (Wildman–Crippen MR) is 68.0 cm³/mol. The summed E-state index contributed by atoms with van der Waals surface area (Å²) in [7, 11) is 0. The molecule has 0 aliphatic heterocycles. The zero-order chi connectivity index (χ0) is 13.8. The summed E-state index contributed by atoms with van der Waals surface area (Å²) in [4.78, 5) is 21.7. The van der Waals surface area contributed by atoms with Gasteiger partial charge in [-0.25, -0.2) is 4.79 Å². The number of carboxylic acid groups (broad SMARTS) is 1. The van der Waals surface area contributed by atoms with Crippen LogP contribution in [-0.2, 0) is 6.54 Å². The molecule has 0 saturated heterocycles. The van der Waals surface area contributed by atoms with Crippen LogP contribution in [0.5, 0.6) is 0 Å². The van der Waals surface area contributed by atoms with E-state index < -0.39 is 11.9 Å². The second kappa shape index (κ2) is 5.26. The van der Waals surface area contributed by atoms with Crippen LogP contribution in [0.2, 0.25) is 0 Å². The highest BCUT2D eigenvalue weighted by atomic mass is 16.4. The molecule has 2 rings (SSSR count). The zero-order valence-corrected chi connectivity index (χ0v) is 9.92. The van der Waals surface area contributed by atoms with Crippen LogP contribution in [0.3, 0.4) is 0 Å². The molecule has 1 heterocycles. The minimum atomic E-state index is -1.11. The maximum atomic E-state index is 11.0. The molecule has 0 aliphatic rings. The summed E-state index contributed by atoms with van der Waals surface area (Å²) in [5, 5.41) is 11.7. The number of amides is 1. The number of primary amides is 1. The number of furan rings is 1. The highest BCUT2D eigenvalue weighted by molar-refractivity contribution is 5.93. The average molecular weight is 260 g/mol. The molecule has 2 aromatic rings. The van der Waals surface area contributed by atoms with Gasteiger partial charge in [0, 0.05) is 11.3 Å². The van der Waals surface area contributed by atoms with E-state index in [-0.39, 0.29) is 5.76 Å². The molecule has 1 aromatic carbocycles. The van der Waals surface area contributed by atoms with Crippen molar-refractivity contribution < 1.29 is 19.1 Å². The van der Waals surface area contributed by atoms with E-state index in [2.05, 4.69) is 5.32 Å². The van der Waals surface area contributed by atoms with Crippen molar-refractivity contribution in [1.82, 2.24) is 0 Å². The Kier molecular flexibility index (Phi) is 3.51. The molecule has 0 atom stereocenters. The first kappa shape index (κ1) is 12.7. The number of carbonyl (C=O) groups is 2. The number of nitrogens with two attached hydrogens (primary N) is 1. The van der Waals surface area contributed by atoms with Crippen LogP contribution in [0.15, 0.2) is 40.8 Å². The van der Waals surface area contributed by atoms with Crippen LogP contribution in [0, 0.1) is 0 Å². The van der Waals surface area contributed by atoms with Gasteiger partial charge in [0.25, 0.3) is 0 Å². The fourth-order valence-corrected chi connectivity index (χ4v) is 1.56. The maximum Gasteiger partial charge on any atom is 0.371 e. The minimum Gasteiger partial charge on any atom is -0.475 e. The number of rotatable bonds is 5. The van der Waals surface area contributed by atoms with Crippen LogP contribution >= 0.6 is 0 Å². The first-order valence-corrected chi connectivity index (χ1v) is 5.52. The topological polar surface area (TPSA) is 106 Å². The van der Waals surface area contributed by atoms with Gasteiger partial charge in [0.1, 0.15) is 5.76 Å². The van der Waals surface area contributed by atoms with Crippen molar-refractivity contribution in [3.05, 3.63) is 53.5 Å². The number of anilines is 1. The van der Waals surface area contributed by atoms with E-state index >= 15 is 0 Å². The number of hydrogen-bond donors (Lipinski definition) is 3. The van der Waals surface area contributed by atoms with Gasteiger partial charge in [-0.2, -0.15) is 0 Å². The summed E-state index contributed by atoms with van der Waals surface area (Å²) < 4.78 is 5.09. The third kappa shape index (κ3) is 3.12.